The molecule has 3 nitrogen and oxygen atoms in total. The Kier molecular flexibility index (Phi) is 3.27. The van der Waals surface area contributed by atoms with Gasteiger partial charge in [0.15, 0.2) is 0 Å². The monoisotopic (exact) mass is 236 g/mol. The molecule has 0 spiro atoms. The van der Waals surface area contributed by atoms with Crippen LogP contribution < -0.4 is 0 Å². The Hall–Kier alpha value is -1.32. The van der Waals surface area contributed by atoms with Crippen LogP contribution >= 0.6 is 11.6 Å². The Bertz CT molecular complexity index is 494. The smallest absolute Gasteiger partial charge is 0.0831 e. The quantitative estimate of drug-likeness (QED) is 0.889. The van der Waals surface area contributed by atoms with Gasteiger partial charge < -0.3 is 5.11 Å². The van der Waals surface area contributed by atoms with Crippen LogP contribution in [0.2, 0.25) is 5.02 Å². The standard InChI is InChI=1S/C12H13ClN2O/c1-9-10(6-7-16)8-15(14-9)12-5-3-2-4-11(12)13/h2-5,8,16H,6-7H2,1H3. The fourth-order valence-electron chi connectivity index (χ4n) is 1.62. The third-order valence-corrected chi connectivity index (χ3v) is 2.80. The zero-order chi connectivity index (χ0) is 11.5. The maximum Gasteiger partial charge on any atom is 0.0831 e. The minimum absolute atomic E-state index is 0.134. The normalized spacial score (nSPS) is 10.7. The van der Waals surface area contributed by atoms with E-state index >= 15 is 0 Å². The summed E-state index contributed by atoms with van der Waals surface area (Å²) in [5, 5.41) is 14.0. The van der Waals surface area contributed by atoms with Crippen molar-refractivity contribution < 1.29 is 5.11 Å². The number of hydrogen-bond donors (Lipinski definition) is 1. The summed E-state index contributed by atoms with van der Waals surface area (Å²) in [5.41, 5.74) is 2.83. The molecular weight excluding hydrogens is 224 g/mol. The van der Waals surface area contributed by atoms with E-state index < -0.39 is 0 Å². The summed E-state index contributed by atoms with van der Waals surface area (Å²) in [6.07, 6.45) is 2.53. The SMILES string of the molecule is Cc1nn(-c2ccccc2Cl)cc1CCO. The van der Waals surface area contributed by atoms with Crippen LogP contribution in [0.4, 0.5) is 0 Å². The first kappa shape index (κ1) is 11.2. The van der Waals surface area contributed by atoms with Crippen LogP contribution in [0.25, 0.3) is 5.69 Å². The van der Waals surface area contributed by atoms with Crippen LogP contribution in [0.15, 0.2) is 30.5 Å². The van der Waals surface area contributed by atoms with Gasteiger partial charge in [0.05, 0.1) is 16.4 Å². The summed E-state index contributed by atoms with van der Waals surface area (Å²) < 4.78 is 1.75. The number of para-hydroxylation sites is 1. The molecule has 1 N–H and O–H groups in total. The molecule has 0 unspecified atom stereocenters. The molecule has 4 heteroatoms. The van der Waals surface area contributed by atoms with Crippen molar-refractivity contribution in [2.24, 2.45) is 0 Å². The van der Waals surface area contributed by atoms with E-state index in [9.17, 15) is 0 Å². The zero-order valence-electron chi connectivity index (χ0n) is 9.02. The van der Waals surface area contributed by atoms with Gasteiger partial charge in [0.25, 0.3) is 0 Å². The fraction of sp³-hybridized carbons (Fsp3) is 0.250. The Balaban J connectivity index is 2.42. The van der Waals surface area contributed by atoms with Crippen molar-refractivity contribution in [1.82, 2.24) is 9.78 Å². The first-order valence-corrected chi connectivity index (χ1v) is 5.51. The van der Waals surface area contributed by atoms with E-state index in [1.165, 1.54) is 0 Å². The number of benzene rings is 1. The summed E-state index contributed by atoms with van der Waals surface area (Å²) in [5.74, 6) is 0. The minimum Gasteiger partial charge on any atom is -0.396 e. The lowest BCUT2D eigenvalue weighted by Crippen LogP contribution is -1.95. The van der Waals surface area contributed by atoms with Crippen molar-refractivity contribution in [2.45, 2.75) is 13.3 Å². The Morgan fingerprint density at radius 1 is 1.38 bits per heavy atom. The molecular formula is C12H13ClN2O. The van der Waals surface area contributed by atoms with Gasteiger partial charge in [0.2, 0.25) is 0 Å². The van der Waals surface area contributed by atoms with E-state index in [0.717, 1.165) is 16.9 Å². The Labute approximate surface area is 99.3 Å². The highest BCUT2D eigenvalue weighted by Crippen LogP contribution is 2.20. The third kappa shape index (κ3) is 2.10. The van der Waals surface area contributed by atoms with Crippen molar-refractivity contribution in [3.05, 3.63) is 46.7 Å². The highest BCUT2D eigenvalue weighted by Gasteiger charge is 2.07. The average Bonchev–Trinajstić information content (AvgIpc) is 2.61. The van der Waals surface area contributed by atoms with Crippen molar-refractivity contribution in [3.63, 3.8) is 0 Å². The maximum atomic E-state index is 8.92. The molecule has 0 fully saturated rings. The molecule has 0 saturated heterocycles. The second kappa shape index (κ2) is 4.68. The second-order valence-electron chi connectivity index (χ2n) is 3.61. The molecule has 2 aromatic rings. The fourth-order valence-corrected chi connectivity index (χ4v) is 1.84. The maximum absolute atomic E-state index is 8.92. The lowest BCUT2D eigenvalue weighted by atomic mass is 10.2. The van der Waals surface area contributed by atoms with E-state index in [0.29, 0.717) is 11.4 Å². The van der Waals surface area contributed by atoms with E-state index in [1.807, 2.05) is 37.4 Å². The van der Waals surface area contributed by atoms with Crippen LogP contribution in [0, 0.1) is 6.92 Å². The van der Waals surface area contributed by atoms with Crippen molar-refractivity contribution in [3.8, 4) is 5.69 Å². The molecule has 0 saturated carbocycles. The topological polar surface area (TPSA) is 38.0 Å². The van der Waals surface area contributed by atoms with E-state index in [1.54, 1.807) is 4.68 Å². The van der Waals surface area contributed by atoms with E-state index in [4.69, 9.17) is 16.7 Å². The molecule has 1 heterocycles. The van der Waals surface area contributed by atoms with Gasteiger partial charge in [-0.2, -0.15) is 5.10 Å². The van der Waals surface area contributed by atoms with Gasteiger partial charge in [-0.3, -0.25) is 0 Å². The van der Waals surface area contributed by atoms with E-state index in [2.05, 4.69) is 5.10 Å². The number of aliphatic hydroxyl groups is 1. The summed E-state index contributed by atoms with van der Waals surface area (Å²) in [4.78, 5) is 0. The zero-order valence-corrected chi connectivity index (χ0v) is 9.78. The van der Waals surface area contributed by atoms with Gasteiger partial charge in [-0.1, -0.05) is 23.7 Å². The molecule has 0 radical (unpaired) electrons. The Morgan fingerprint density at radius 3 is 2.81 bits per heavy atom. The molecule has 1 aromatic heterocycles. The van der Waals surface area contributed by atoms with Crippen LogP contribution in [0.3, 0.4) is 0 Å². The second-order valence-corrected chi connectivity index (χ2v) is 4.02. The van der Waals surface area contributed by atoms with Gasteiger partial charge in [0.1, 0.15) is 0 Å². The molecule has 2 rings (SSSR count). The summed E-state index contributed by atoms with van der Waals surface area (Å²) in [7, 11) is 0. The van der Waals surface area contributed by atoms with Crippen LogP contribution in [0.1, 0.15) is 11.3 Å². The van der Waals surface area contributed by atoms with Gasteiger partial charge in [-0.15, -0.1) is 0 Å². The van der Waals surface area contributed by atoms with Crippen LogP contribution in [-0.4, -0.2) is 21.5 Å². The predicted molar refractivity (Wildman–Crippen MR) is 64.1 cm³/mol. The van der Waals surface area contributed by atoms with Crippen LogP contribution in [0.5, 0.6) is 0 Å². The molecule has 0 atom stereocenters. The van der Waals surface area contributed by atoms with Crippen LogP contribution in [-0.2, 0) is 6.42 Å². The number of halogens is 1. The molecule has 0 amide bonds. The van der Waals surface area contributed by atoms with Crippen molar-refractivity contribution in [1.29, 1.82) is 0 Å². The number of nitrogens with zero attached hydrogens (tertiary/aromatic N) is 2. The first-order chi connectivity index (χ1) is 7.72. The molecule has 0 aliphatic heterocycles. The number of aromatic nitrogens is 2. The first-order valence-electron chi connectivity index (χ1n) is 5.13. The molecule has 16 heavy (non-hydrogen) atoms. The van der Waals surface area contributed by atoms with Crippen molar-refractivity contribution in [2.75, 3.05) is 6.61 Å². The molecule has 0 aliphatic rings. The Morgan fingerprint density at radius 2 is 2.12 bits per heavy atom. The highest BCUT2D eigenvalue weighted by molar-refractivity contribution is 6.32. The lowest BCUT2D eigenvalue weighted by molar-refractivity contribution is 0.299. The molecule has 84 valence electrons. The summed E-state index contributed by atoms with van der Waals surface area (Å²) >= 11 is 6.09. The third-order valence-electron chi connectivity index (χ3n) is 2.48. The average molecular weight is 237 g/mol. The minimum atomic E-state index is 0.134. The van der Waals surface area contributed by atoms with Gasteiger partial charge in [-0.05, 0) is 31.0 Å². The van der Waals surface area contributed by atoms with Gasteiger partial charge in [-0.25, -0.2) is 4.68 Å². The lowest BCUT2D eigenvalue weighted by Gasteiger charge is -2.02. The number of rotatable bonds is 3. The summed E-state index contributed by atoms with van der Waals surface area (Å²) in [6, 6.07) is 7.55. The molecule has 1 aromatic carbocycles. The van der Waals surface area contributed by atoms with Crippen molar-refractivity contribution >= 4 is 11.6 Å². The van der Waals surface area contributed by atoms with Gasteiger partial charge in [0, 0.05) is 12.8 Å². The van der Waals surface area contributed by atoms with Gasteiger partial charge >= 0.3 is 0 Å². The highest BCUT2D eigenvalue weighted by atomic mass is 35.5. The number of hydrogen-bond acceptors (Lipinski definition) is 2. The molecule has 0 aliphatic carbocycles. The number of aliphatic hydroxyl groups excluding tert-OH is 1. The number of aryl methyl sites for hydroxylation is 1. The summed E-state index contributed by atoms with van der Waals surface area (Å²) in [6.45, 7) is 2.06. The molecule has 0 bridgehead atoms. The van der Waals surface area contributed by atoms with E-state index in [-0.39, 0.29) is 6.61 Å². The predicted octanol–water partition coefficient (Wildman–Crippen LogP) is 2.37. The largest absolute Gasteiger partial charge is 0.396 e.